The summed E-state index contributed by atoms with van der Waals surface area (Å²) in [7, 11) is 0. The number of nitrogens with zero attached hydrogens (tertiary/aromatic N) is 1. The number of carbonyl (C=O) groups excluding carboxylic acids is 3. The maximum atomic E-state index is 13.0. The van der Waals surface area contributed by atoms with E-state index in [2.05, 4.69) is 5.32 Å². The molecule has 3 rings (SSSR count). The number of ketones is 1. The van der Waals surface area contributed by atoms with E-state index in [4.69, 9.17) is 9.47 Å². The highest BCUT2D eigenvalue weighted by atomic mass is 16.6. The highest BCUT2D eigenvalue weighted by Crippen LogP contribution is 2.25. The topological polar surface area (TPSA) is 125 Å². The third-order valence-electron chi connectivity index (χ3n) is 4.83. The summed E-state index contributed by atoms with van der Waals surface area (Å²) in [6.07, 6.45) is -1.34. The van der Waals surface area contributed by atoms with Gasteiger partial charge in [0.1, 0.15) is 12.3 Å². The Bertz CT molecular complexity index is 1180. The summed E-state index contributed by atoms with van der Waals surface area (Å²) in [5, 5.41) is 13.3. The highest BCUT2D eigenvalue weighted by molar-refractivity contribution is 6.01. The van der Waals surface area contributed by atoms with E-state index in [1.54, 1.807) is 42.5 Å². The van der Waals surface area contributed by atoms with Gasteiger partial charge < -0.3 is 14.8 Å². The molecule has 3 aromatic rings. The minimum absolute atomic E-state index is 0.165. The van der Waals surface area contributed by atoms with Crippen LogP contribution < -0.4 is 10.1 Å². The van der Waals surface area contributed by atoms with E-state index in [9.17, 15) is 24.5 Å². The highest BCUT2D eigenvalue weighted by Gasteiger charge is 2.27. The standard InChI is InChI=1S/C25H22N2O7/c1-17-7-5-6-10-21(17)33-16-22(28)26-15-23(29)34-25(24(30)18-8-3-2-4-9-18)19-11-13-20(14-12-19)27(31)32/h2-14,25H,15-16H2,1H3,(H,26,28). The summed E-state index contributed by atoms with van der Waals surface area (Å²) in [6, 6.07) is 20.5. The molecule has 0 bridgehead atoms. The predicted octanol–water partition coefficient (Wildman–Crippen LogP) is 3.57. The first-order valence-corrected chi connectivity index (χ1v) is 10.3. The van der Waals surface area contributed by atoms with Gasteiger partial charge in [0.15, 0.2) is 12.7 Å². The van der Waals surface area contributed by atoms with Crippen LogP contribution in [0.4, 0.5) is 5.69 Å². The summed E-state index contributed by atoms with van der Waals surface area (Å²) >= 11 is 0. The molecule has 3 aromatic carbocycles. The Morgan fingerprint density at radius 3 is 2.24 bits per heavy atom. The number of carbonyl (C=O) groups is 3. The minimum atomic E-state index is -1.34. The van der Waals surface area contributed by atoms with Gasteiger partial charge in [-0.2, -0.15) is 0 Å². The molecule has 0 spiro atoms. The Kier molecular flexibility index (Phi) is 8.07. The van der Waals surface area contributed by atoms with Crippen molar-refractivity contribution >= 4 is 23.3 Å². The van der Waals surface area contributed by atoms with Crippen molar-refractivity contribution in [3.63, 3.8) is 0 Å². The number of para-hydroxylation sites is 1. The predicted molar refractivity (Wildman–Crippen MR) is 122 cm³/mol. The average molecular weight is 462 g/mol. The van der Waals surface area contributed by atoms with Gasteiger partial charge in [-0.1, -0.05) is 48.5 Å². The number of nitro benzene ring substituents is 1. The van der Waals surface area contributed by atoms with E-state index >= 15 is 0 Å². The van der Waals surface area contributed by atoms with E-state index in [1.807, 2.05) is 19.1 Å². The Hall–Kier alpha value is -4.53. The summed E-state index contributed by atoms with van der Waals surface area (Å²) in [5.74, 6) is -1.35. The number of aryl methyl sites for hydroxylation is 1. The largest absolute Gasteiger partial charge is 0.484 e. The van der Waals surface area contributed by atoms with Crippen molar-refractivity contribution in [2.45, 2.75) is 13.0 Å². The molecule has 174 valence electrons. The molecule has 0 heterocycles. The van der Waals surface area contributed by atoms with Crippen LogP contribution in [0.3, 0.4) is 0 Å². The zero-order valence-electron chi connectivity index (χ0n) is 18.3. The van der Waals surface area contributed by atoms with Crippen LogP contribution in [0, 0.1) is 17.0 Å². The number of nitro groups is 1. The number of hydrogen-bond acceptors (Lipinski definition) is 7. The molecule has 0 aliphatic heterocycles. The van der Waals surface area contributed by atoms with E-state index in [-0.39, 0.29) is 17.9 Å². The molecule has 0 aliphatic carbocycles. The van der Waals surface area contributed by atoms with Crippen LogP contribution in [0.1, 0.15) is 27.6 Å². The zero-order chi connectivity index (χ0) is 24.5. The second-order valence-corrected chi connectivity index (χ2v) is 7.28. The average Bonchev–Trinajstić information content (AvgIpc) is 2.85. The number of rotatable bonds is 10. The lowest BCUT2D eigenvalue weighted by atomic mass is 9.99. The molecular weight excluding hydrogens is 440 g/mol. The Morgan fingerprint density at radius 2 is 1.59 bits per heavy atom. The number of amides is 1. The fraction of sp³-hybridized carbons (Fsp3) is 0.160. The van der Waals surface area contributed by atoms with Crippen molar-refractivity contribution in [3.8, 4) is 5.75 Å². The maximum Gasteiger partial charge on any atom is 0.326 e. The molecule has 1 N–H and O–H groups in total. The molecule has 0 radical (unpaired) electrons. The van der Waals surface area contributed by atoms with Crippen LogP contribution in [0.15, 0.2) is 78.9 Å². The molecule has 34 heavy (non-hydrogen) atoms. The Labute approximate surface area is 195 Å². The normalized spacial score (nSPS) is 11.2. The summed E-state index contributed by atoms with van der Waals surface area (Å²) in [4.78, 5) is 47.9. The van der Waals surface area contributed by atoms with Gasteiger partial charge >= 0.3 is 5.97 Å². The fourth-order valence-corrected chi connectivity index (χ4v) is 3.05. The van der Waals surface area contributed by atoms with E-state index < -0.39 is 35.2 Å². The van der Waals surface area contributed by atoms with Crippen LogP contribution in [0.5, 0.6) is 5.75 Å². The van der Waals surface area contributed by atoms with Gasteiger partial charge in [0.05, 0.1) is 4.92 Å². The fourth-order valence-electron chi connectivity index (χ4n) is 3.05. The molecule has 0 aliphatic rings. The number of nitrogens with one attached hydrogen (secondary N) is 1. The van der Waals surface area contributed by atoms with Crippen molar-refractivity contribution in [1.82, 2.24) is 5.32 Å². The first-order valence-electron chi connectivity index (χ1n) is 10.3. The lowest BCUT2D eigenvalue weighted by molar-refractivity contribution is -0.384. The minimum Gasteiger partial charge on any atom is -0.484 e. The molecule has 0 aromatic heterocycles. The van der Waals surface area contributed by atoms with Crippen LogP contribution in [0.25, 0.3) is 0 Å². The first kappa shape index (κ1) is 24.1. The van der Waals surface area contributed by atoms with Gasteiger partial charge in [0, 0.05) is 23.3 Å². The van der Waals surface area contributed by atoms with Crippen molar-refractivity contribution in [2.75, 3.05) is 13.2 Å². The van der Waals surface area contributed by atoms with Gasteiger partial charge in [-0.05, 0) is 30.7 Å². The monoisotopic (exact) mass is 462 g/mol. The number of benzene rings is 3. The molecule has 0 saturated carbocycles. The summed E-state index contributed by atoms with van der Waals surface area (Å²) in [6.45, 7) is 1.06. The van der Waals surface area contributed by atoms with Crippen molar-refractivity contribution in [2.24, 2.45) is 0 Å². The smallest absolute Gasteiger partial charge is 0.326 e. The van der Waals surface area contributed by atoms with Gasteiger partial charge in [-0.25, -0.2) is 0 Å². The van der Waals surface area contributed by atoms with E-state index in [0.29, 0.717) is 11.3 Å². The summed E-state index contributed by atoms with van der Waals surface area (Å²) in [5.41, 5.74) is 1.26. The van der Waals surface area contributed by atoms with Crippen LogP contribution in [-0.2, 0) is 14.3 Å². The van der Waals surface area contributed by atoms with E-state index in [1.165, 1.54) is 24.3 Å². The van der Waals surface area contributed by atoms with Crippen LogP contribution >= 0.6 is 0 Å². The quantitative estimate of drug-likeness (QED) is 0.211. The second kappa shape index (κ2) is 11.4. The number of esters is 1. The molecule has 0 fully saturated rings. The number of Topliss-reactive ketones (excluding diaryl/α,β-unsaturated/α-hetero) is 1. The van der Waals surface area contributed by atoms with E-state index in [0.717, 1.165) is 5.56 Å². The molecule has 1 unspecified atom stereocenters. The molecular formula is C25H22N2O7. The Balaban J connectivity index is 1.65. The van der Waals surface area contributed by atoms with Gasteiger partial charge in [-0.3, -0.25) is 24.5 Å². The Morgan fingerprint density at radius 1 is 0.941 bits per heavy atom. The van der Waals surface area contributed by atoms with Crippen molar-refractivity contribution < 1.29 is 28.8 Å². The first-order chi connectivity index (χ1) is 16.3. The van der Waals surface area contributed by atoms with Gasteiger partial charge in [0.25, 0.3) is 11.6 Å². The van der Waals surface area contributed by atoms with Crippen LogP contribution in [-0.4, -0.2) is 35.7 Å². The molecule has 1 atom stereocenters. The third kappa shape index (κ3) is 6.49. The number of non-ortho nitro benzene ring substituents is 1. The number of hydrogen-bond donors (Lipinski definition) is 1. The zero-order valence-corrected chi connectivity index (χ0v) is 18.3. The molecule has 1 amide bonds. The molecule has 0 saturated heterocycles. The molecule has 9 nitrogen and oxygen atoms in total. The molecule has 9 heteroatoms. The lowest BCUT2D eigenvalue weighted by Crippen LogP contribution is -2.35. The summed E-state index contributed by atoms with van der Waals surface area (Å²) < 4.78 is 10.8. The lowest BCUT2D eigenvalue weighted by Gasteiger charge is -2.18. The second-order valence-electron chi connectivity index (χ2n) is 7.28. The van der Waals surface area contributed by atoms with Crippen molar-refractivity contribution in [1.29, 1.82) is 0 Å². The van der Waals surface area contributed by atoms with Crippen molar-refractivity contribution in [3.05, 3.63) is 106 Å². The van der Waals surface area contributed by atoms with Crippen LogP contribution in [0.2, 0.25) is 0 Å². The van der Waals surface area contributed by atoms with Gasteiger partial charge in [-0.15, -0.1) is 0 Å². The van der Waals surface area contributed by atoms with Gasteiger partial charge in [0.2, 0.25) is 5.78 Å². The maximum absolute atomic E-state index is 13.0. The number of ether oxygens (including phenoxy) is 2. The SMILES string of the molecule is Cc1ccccc1OCC(=O)NCC(=O)OC(C(=O)c1ccccc1)c1ccc([N+](=O)[O-])cc1. The third-order valence-corrected chi connectivity index (χ3v) is 4.83.